The highest BCUT2D eigenvalue weighted by molar-refractivity contribution is 7.80. The van der Waals surface area contributed by atoms with Crippen molar-refractivity contribution in [2.24, 2.45) is 5.92 Å². The van der Waals surface area contributed by atoms with Crippen LogP contribution in [0.25, 0.3) is 0 Å². The van der Waals surface area contributed by atoms with Crippen LogP contribution in [-0.2, 0) is 11.3 Å². The molecule has 0 radical (unpaired) electrons. The highest BCUT2D eigenvalue weighted by Crippen LogP contribution is 2.43. The molecule has 0 saturated carbocycles. The largest absolute Gasteiger partial charge is 0.383 e. The zero-order chi connectivity index (χ0) is 24.4. The number of nitrogens with one attached hydrogen (secondary N) is 1. The first-order valence-electron chi connectivity index (χ1n) is 12.3. The van der Waals surface area contributed by atoms with E-state index in [1.54, 1.807) is 7.11 Å². The molecule has 0 aliphatic carbocycles. The highest BCUT2D eigenvalue weighted by atomic mass is 35.5. The molecule has 184 valence electrons. The maximum absolute atomic E-state index is 6.88. The van der Waals surface area contributed by atoms with Crippen molar-refractivity contribution in [3.63, 3.8) is 0 Å². The monoisotopic (exact) mass is 509 g/mol. The average molecular weight is 510 g/mol. The van der Waals surface area contributed by atoms with Gasteiger partial charge >= 0.3 is 0 Å². The number of benzene rings is 1. The minimum Gasteiger partial charge on any atom is -0.383 e. The Balaban J connectivity index is 1.52. The Morgan fingerprint density at radius 3 is 2.69 bits per heavy atom. The molecule has 0 unspecified atom stereocenters. The van der Waals surface area contributed by atoms with Gasteiger partial charge in [-0.25, -0.2) is 0 Å². The Bertz CT molecular complexity index is 1160. The molecule has 2 aromatic heterocycles. The Labute approximate surface area is 217 Å². The normalized spacial score (nSPS) is 20.9. The Hall–Kier alpha value is -2.61. The fourth-order valence-electron chi connectivity index (χ4n) is 5.17. The Morgan fingerprint density at radius 2 is 1.97 bits per heavy atom. The zero-order valence-electron chi connectivity index (χ0n) is 20.2. The number of rotatable bonds is 7. The van der Waals surface area contributed by atoms with Crippen LogP contribution in [0.3, 0.4) is 0 Å². The lowest BCUT2D eigenvalue weighted by Crippen LogP contribution is -2.33. The minimum atomic E-state index is -0.0954. The van der Waals surface area contributed by atoms with E-state index < -0.39 is 0 Å². The minimum absolute atomic E-state index is 0.0815. The third-order valence-electron chi connectivity index (χ3n) is 7.14. The van der Waals surface area contributed by atoms with Gasteiger partial charge < -0.3 is 24.4 Å². The van der Waals surface area contributed by atoms with Crippen LogP contribution in [0.2, 0.25) is 5.02 Å². The van der Waals surface area contributed by atoms with Crippen LogP contribution in [0.5, 0.6) is 0 Å². The predicted molar refractivity (Wildman–Crippen MR) is 146 cm³/mol. The molecule has 3 aromatic rings. The average Bonchev–Trinajstić information content (AvgIpc) is 3.47. The van der Waals surface area contributed by atoms with Crippen molar-refractivity contribution in [1.82, 2.24) is 14.9 Å². The quantitative estimate of drug-likeness (QED) is 0.418. The summed E-state index contributed by atoms with van der Waals surface area (Å²) >= 11 is 12.8. The summed E-state index contributed by atoms with van der Waals surface area (Å²) < 4.78 is 7.59. The Morgan fingerprint density at radius 1 is 1.14 bits per heavy atom. The maximum atomic E-state index is 6.88. The molecule has 2 aliphatic heterocycles. The highest BCUT2D eigenvalue weighted by Gasteiger charge is 2.42. The fraction of sp³-hybridized carbons (Fsp3) is 0.407. The third kappa shape index (κ3) is 4.90. The number of piperidine rings is 1. The number of ether oxygens (including phenoxy) is 1. The lowest BCUT2D eigenvalue weighted by atomic mass is 9.98. The van der Waals surface area contributed by atoms with Crippen molar-refractivity contribution in [1.29, 1.82) is 0 Å². The third-order valence-corrected chi connectivity index (χ3v) is 7.75. The van der Waals surface area contributed by atoms with Gasteiger partial charge in [-0.05, 0) is 73.4 Å². The van der Waals surface area contributed by atoms with E-state index in [1.165, 1.54) is 12.8 Å². The summed E-state index contributed by atoms with van der Waals surface area (Å²) in [5.74, 6) is 0.774. The molecule has 1 aromatic carbocycles. The second-order valence-corrected chi connectivity index (χ2v) is 10.2. The van der Waals surface area contributed by atoms with E-state index in [1.807, 2.05) is 24.4 Å². The van der Waals surface area contributed by atoms with Gasteiger partial charge in [0.05, 0.1) is 29.1 Å². The van der Waals surface area contributed by atoms with E-state index in [4.69, 9.17) is 28.6 Å². The van der Waals surface area contributed by atoms with Crippen molar-refractivity contribution in [2.75, 3.05) is 36.6 Å². The van der Waals surface area contributed by atoms with Crippen LogP contribution in [0.15, 0.2) is 60.9 Å². The van der Waals surface area contributed by atoms with E-state index >= 15 is 0 Å². The number of pyridine rings is 1. The molecular formula is C27H32ClN5OS. The molecule has 4 heterocycles. The van der Waals surface area contributed by atoms with Crippen LogP contribution in [0.1, 0.15) is 43.2 Å². The smallest absolute Gasteiger partial charge is 0.174 e. The first kappa shape index (κ1) is 24.1. The number of halogens is 1. The van der Waals surface area contributed by atoms with Gasteiger partial charge in [0.25, 0.3) is 0 Å². The standard InChI is InChI=1S/C27H32ClN5OS/c1-19-10-14-32(15-11-19)23-9-8-20(18-21(23)28)33-26(24-7-5-13-31(24)16-17-34-2)25(30-27(33)35)22-6-3-4-12-29-22/h3-9,12-13,18-19,25-26H,10-11,14-17H2,1-2H3,(H,30,35)/t25-,26+/m0/s1. The summed E-state index contributed by atoms with van der Waals surface area (Å²) in [4.78, 5) is 9.24. The number of hydrogen-bond acceptors (Lipinski definition) is 4. The van der Waals surface area contributed by atoms with Crippen molar-refractivity contribution < 1.29 is 4.74 Å². The number of anilines is 2. The number of hydrogen-bond donors (Lipinski definition) is 1. The van der Waals surface area contributed by atoms with Gasteiger partial charge in [-0.15, -0.1) is 0 Å². The van der Waals surface area contributed by atoms with Gasteiger partial charge in [-0.1, -0.05) is 24.6 Å². The SMILES string of the molecule is COCCn1cccc1[C@@H]1[C@H](c2ccccn2)NC(=S)N1c1ccc(N2CCC(C)CC2)c(Cl)c1. The summed E-state index contributed by atoms with van der Waals surface area (Å²) in [6.07, 6.45) is 6.32. The van der Waals surface area contributed by atoms with Gasteiger partial charge in [0.2, 0.25) is 0 Å². The second-order valence-electron chi connectivity index (χ2n) is 9.42. The summed E-state index contributed by atoms with van der Waals surface area (Å²) in [5, 5.41) is 4.97. The van der Waals surface area contributed by atoms with Crippen LogP contribution in [0.4, 0.5) is 11.4 Å². The van der Waals surface area contributed by atoms with Gasteiger partial charge in [0.1, 0.15) is 6.04 Å². The molecule has 0 amide bonds. The molecule has 5 rings (SSSR count). The van der Waals surface area contributed by atoms with Gasteiger partial charge in [-0.3, -0.25) is 4.98 Å². The van der Waals surface area contributed by atoms with Crippen molar-refractivity contribution in [2.45, 2.75) is 38.4 Å². The molecule has 8 heteroatoms. The molecule has 0 spiro atoms. The van der Waals surface area contributed by atoms with Crippen molar-refractivity contribution >= 4 is 40.3 Å². The summed E-state index contributed by atoms with van der Waals surface area (Å²) in [6.45, 7) is 5.81. The van der Waals surface area contributed by atoms with Crippen molar-refractivity contribution in [3.05, 3.63) is 77.3 Å². The first-order valence-corrected chi connectivity index (χ1v) is 13.0. The number of thiocarbonyl (C=S) groups is 1. The molecule has 2 aliphatic rings. The van der Waals surface area contributed by atoms with Crippen LogP contribution < -0.4 is 15.1 Å². The van der Waals surface area contributed by atoms with Crippen LogP contribution >= 0.6 is 23.8 Å². The number of nitrogens with zero attached hydrogens (tertiary/aromatic N) is 4. The maximum Gasteiger partial charge on any atom is 0.174 e. The molecular weight excluding hydrogens is 478 g/mol. The molecule has 2 saturated heterocycles. The van der Waals surface area contributed by atoms with Gasteiger partial charge in [-0.2, -0.15) is 0 Å². The molecule has 1 N–H and O–H groups in total. The molecule has 35 heavy (non-hydrogen) atoms. The summed E-state index contributed by atoms with van der Waals surface area (Å²) in [5.41, 5.74) is 4.17. The number of methoxy groups -OCH3 is 1. The van der Waals surface area contributed by atoms with Crippen molar-refractivity contribution in [3.8, 4) is 0 Å². The zero-order valence-corrected chi connectivity index (χ0v) is 21.8. The molecule has 6 nitrogen and oxygen atoms in total. The van der Waals surface area contributed by atoms with E-state index in [2.05, 4.69) is 68.1 Å². The van der Waals surface area contributed by atoms with E-state index in [0.29, 0.717) is 11.7 Å². The summed E-state index contributed by atoms with van der Waals surface area (Å²) in [7, 11) is 1.73. The van der Waals surface area contributed by atoms with E-state index in [9.17, 15) is 0 Å². The molecule has 2 atom stereocenters. The van der Waals surface area contributed by atoms with E-state index in [-0.39, 0.29) is 12.1 Å². The van der Waals surface area contributed by atoms with Gasteiger partial charge in [0.15, 0.2) is 5.11 Å². The lowest BCUT2D eigenvalue weighted by molar-refractivity contribution is 0.186. The van der Waals surface area contributed by atoms with E-state index in [0.717, 1.165) is 53.3 Å². The fourth-order valence-corrected chi connectivity index (χ4v) is 5.81. The first-order chi connectivity index (χ1) is 17.1. The number of aromatic nitrogens is 2. The van der Waals surface area contributed by atoms with Crippen LogP contribution in [-0.4, -0.2) is 41.5 Å². The predicted octanol–water partition coefficient (Wildman–Crippen LogP) is 5.60. The molecule has 2 fully saturated rings. The van der Waals surface area contributed by atoms with Gasteiger partial charge in [0, 0.05) is 50.5 Å². The Kier molecular flexibility index (Phi) is 7.27. The summed E-state index contributed by atoms with van der Waals surface area (Å²) in [6, 6.07) is 16.4. The lowest BCUT2D eigenvalue weighted by Gasteiger charge is -2.33. The topological polar surface area (TPSA) is 45.6 Å². The van der Waals surface area contributed by atoms with Crippen LogP contribution in [0, 0.1) is 5.92 Å². The second kappa shape index (κ2) is 10.6. The molecule has 0 bridgehead atoms.